The maximum absolute atomic E-state index is 13.1. The van der Waals surface area contributed by atoms with Crippen molar-refractivity contribution in [3.8, 4) is 5.75 Å². The third-order valence-corrected chi connectivity index (χ3v) is 2.05. The first kappa shape index (κ1) is 9.99. The first-order chi connectivity index (χ1) is 6.07. The number of ether oxygens (including phenoxy) is 1. The van der Waals surface area contributed by atoms with Gasteiger partial charge in [-0.3, -0.25) is 0 Å². The van der Waals surface area contributed by atoms with E-state index >= 15 is 0 Å². The van der Waals surface area contributed by atoms with E-state index in [2.05, 4.69) is 0 Å². The lowest BCUT2D eigenvalue weighted by molar-refractivity contribution is 0.193. The molecule has 3 heteroatoms. The quantitative estimate of drug-likeness (QED) is 0.763. The highest BCUT2D eigenvalue weighted by atomic mass is 19.1. The van der Waals surface area contributed by atoms with Crippen LogP contribution in [0.4, 0.5) is 4.39 Å². The van der Waals surface area contributed by atoms with Gasteiger partial charge in [0.2, 0.25) is 0 Å². The number of hydrogen-bond donors (Lipinski definition) is 1. The number of aliphatic hydroxyl groups excluding tert-OH is 1. The second kappa shape index (κ2) is 3.75. The molecule has 13 heavy (non-hydrogen) atoms. The predicted molar refractivity (Wildman–Crippen MR) is 48.3 cm³/mol. The Morgan fingerprint density at radius 2 is 2.08 bits per heavy atom. The van der Waals surface area contributed by atoms with Crippen molar-refractivity contribution in [2.24, 2.45) is 0 Å². The molecule has 0 saturated heterocycles. The lowest BCUT2D eigenvalue weighted by Crippen LogP contribution is -2.01. The lowest BCUT2D eigenvalue weighted by Gasteiger charge is -2.14. The van der Waals surface area contributed by atoms with Gasteiger partial charge in [0.1, 0.15) is 11.6 Å². The van der Waals surface area contributed by atoms with E-state index in [0.29, 0.717) is 16.9 Å². The molecule has 1 unspecified atom stereocenters. The molecule has 1 atom stereocenters. The van der Waals surface area contributed by atoms with E-state index in [1.807, 2.05) is 0 Å². The third-order valence-electron chi connectivity index (χ3n) is 2.05. The maximum Gasteiger partial charge on any atom is 0.126 e. The van der Waals surface area contributed by atoms with Crippen molar-refractivity contribution < 1.29 is 14.2 Å². The largest absolute Gasteiger partial charge is 0.496 e. The second-order valence-electron chi connectivity index (χ2n) is 2.96. The van der Waals surface area contributed by atoms with Crippen LogP contribution in [0.5, 0.6) is 5.75 Å². The molecule has 2 nitrogen and oxygen atoms in total. The van der Waals surface area contributed by atoms with E-state index in [9.17, 15) is 9.50 Å². The Hall–Kier alpha value is -1.09. The van der Waals surface area contributed by atoms with Gasteiger partial charge in [0.15, 0.2) is 0 Å². The zero-order valence-corrected chi connectivity index (χ0v) is 7.97. The number of hydrogen-bond acceptors (Lipinski definition) is 2. The van der Waals surface area contributed by atoms with E-state index in [4.69, 9.17) is 4.74 Å². The summed E-state index contributed by atoms with van der Waals surface area (Å²) >= 11 is 0. The fourth-order valence-electron chi connectivity index (χ4n) is 1.37. The highest BCUT2D eigenvalue weighted by molar-refractivity contribution is 5.41. The van der Waals surface area contributed by atoms with Crippen LogP contribution in [0.15, 0.2) is 12.1 Å². The van der Waals surface area contributed by atoms with Crippen LogP contribution in [0.1, 0.15) is 24.2 Å². The monoisotopic (exact) mass is 184 g/mol. The van der Waals surface area contributed by atoms with Gasteiger partial charge in [-0.15, -0.1) is 0 Å². The third kappa shape index (κ3) is 1.80. The summed E-state index contributed by atoms with van der Waals surface area (Å²) in [5, 5.41) is 9.39. The molecule has 0 aliphatic carbocycles. The number of benzene rings is 1. The molecule has 1 N–H and O–H groups in total. The average molecular weight is 184 g/mol. The zero-order valence-electron chi connectivity index (χ0n) is 7.97. The fourth-order valence-corrected chi connectivity index (χ4v) is 1.37. The summed E-state index contributed by atoms with van der Waals surface area (Å²) in [6, 6.07) is 2.85. The molecule has 1 aromatic carbocycles. The minimum Gasteiger partial charge on any atom is -0.496 e. The normalized spacial score (nSPS) is 12.7. The lowest BCUT2D eigenvalue weighted by atomic mass is 10.0. The van der Waals surface area contributed by atoms with E-state index in [1.165, 1.54) is 19.2 Å². The number of rotatable bonds is 2. The van der Waals surface area contributed by atoms with Crippen molar-refractivity contribution in [2.75, 3.05) is 7.11 Å². The Labute approximate surface area is 77.0 Å². The molecule has 1 aromatic rings. The summed E-state index contributed by atoms with van der Waals surface area (Å²) in [6.07, 6.45) is -0.717. The van der Waals surface area contributed by atoms with Crippen molar-refractivity contribution >= 4 is 0 Å². The molecular formula is C10H13FO2. The standard InChI is InChI=1S/C10H13FO2/c1-6-8(11)4-5-9(13-3)10(6)7(2)12/h4-5,7,12H,1-3H3. The van der Waals surface area contributed by atoms with Crippen molar-refractivity contribution in [1.29, 1.82) is 0 Å². The second-order valence-corrected chi connectivity index (χ2v) is 2.96. The van der Waals surface area contributed by atoms with Gasteiger partial charge in [-0.1, -0.05) is 0 Å². The SMILES string of the molecule is COc1ccc(F)c(C)c1C(C)O. The Morgan fingerprint density at radius 1 is 1.46 bits per heavy atom. The Bertz CT molecular complexity index is 308. The first-order valence-corrected chi connectivity index (χ1v) is 4.09. The van der Waals surface area contributed by atoms with Gasteiger partial charge < -0.3 is 9.84 Å². The van der Waals surface area contributed by atoms with Crippen LogP contribution in [0, 0.1) is 12.7 Å². The number of aliphatic hydroxyl groups is 1. The van der Waals surface area contributed by atoms with Gasteiger partial charge in [0.05, 0.1) is 13.2 Å². The molecule has 0 spiro atoms. The average Bonchev–Trinajstić information content (AvgIpc) is 2.08. The van der Waals surface area contributed by atoms with Crippen LogP contribution in [0.2, 0.25) is 0 Å². The molecule has 0 saturated carbocycles. The van der Waals surface area contributed by atoms with E-state index in [1.54, 1.807) is 13.8 Å². The van der Waals surface area contributed by atoms with Gasteiger partial charge in [0.25, 0.3) is 0 Å². The van der Waals surface area contributed by atoms with Gasteiger partial charge in [-0.05, 0) is 31.5 Å². The Balaban J connectivity index is 3.32. The highest BCUT2D eigenvalue weighted by Crippen LogP contribution is 2.29. The molecule has 0 amide bonds. The Kier molecular flexibility index (Phi) is 2.88. The summed E-state index contributed by atoms with van der Waals surface area (Å²) in [5.74, 6) is 0.200. The van der Waals surface area contributed by atoms with E-state index in [0.717, 1.165) is 0 Å². The molecule has 1 rings (SSSR count). The van der Waals surface area contributed by atoms with Crippen LogP contribution in [-0.2, 0) is 0 Å². The summed E-state index contributed by atoms with van der Waals surface area (Å²) in [4.78, 5) is 0. The van der Waals surface area contributed by atoms with Gasteiger partial charge >= 0.3 is 0 Å². The molecule has 0 radical (unpaired) electrons. The minimum atomic E-state index is -0.717. The Morgan fingerprint density at radius 3 is 2.54 bits per heavy atom. The van der Waals surface area contributed by atoms with Crippen molar-refractivity contribution in [3.05, 3.63) is 29.1 Å². The molecule has 0 bridgehead atoms. The predicted octanol–water partition coefficient (Wildman–Crippen LogP) is 2.20. The minimum absolute atomic E-state index is 0.322. The molecule has 0 fully saturated rings. The molecular weight excluding hydrogens is 171 g/mol. The van der Waals surface area contributed by atoms with Crippen LogP contribution in [0.3, 0.4) is 0 Å². The summed E-state index contributed by atoms with van der Waals surface area (Å²) in [6.45, 7) is 3.21. The van der Waals surface area contributed by atoms with Crippen LogP contribution in [0.25, 0.3) is 0 Å². The van der Waals surface area contributed by atoms with Crippen LogP contribution in [-0.4, -0.2) is 12.2 Å². The maximum atomic E-state index is 13.1. The topological polar surface area (TPSA) is 29.5 Å². The highest BCUT2D eigenvalue weighted by Gasteiger charge is 2.14. The van der Waals surface area contributed by atoms with Gasteiger partial charge in [0, 0.05) is 5.56 Å². The summed E-state index contributed by atoms with van der Waals surface area (Å²) in [5.41, 5.74) is 0.955. The molecule has 0 heterocycles. The molecule has 0 aromatic heterocycles. The van der Waals surface area contributed by atoms with Crippen LogP contribution < -0.4 is 4.74 Å². The van der Waals surface area contributed by atoms with E-state index in [-0.39, 0.29) is 5.82 Å². The zero-order chi connectivity index (χ0) is 10.0. The molecule has 0 aliphatic heterocycles. The summed E-state index contributed by atoms with van der Waals surface area (Å²) < 4.78 is 18.1. The fraction of sp³-hybridized carbons (Fsp3) is 0.400. The summed E-state index contributed by atoms with van der Waals surface area (Å²) in [7, 11) is 1.50. The smallest absolute Gasteiger partial charge is 0.126 e. The van der Waals surface area contributed by atoms with Crippen molar-refractivity contribution in [3.63, 3.8) is 0 Å². The number of methoxy groups -OCH3 is 1. The molecule has 72 valence electrons. The van der Waals surface area contributed by atoms with Crippen molar-refractivity contribution in [2.45, 2.75) is 20.0 Å². The van der Waals surface area contributed by atoms with Crippen molar-refractivity contribution in [1.82, 2.24) is 0 Å². The molecule has 0 aliphatic rings. The van der Waals surface area contributed by atoms with Crippen LogP contribution >= 0.6 is 0 Å². The first-order valence-electron chi connectivity index (χ1n) is 4.09. The number of halogens is 1. The van der Waals surface area contributed by atoms with E-state index < -0.39 is 6.10 Å². The van der Waals surface area contributed by atoms with Gasteiger partial charge in [-0.25, -0.2) is 4.39 Å². The van der Waals surface area contributed by atoms with Gasteiger partial charge in [-0.2, -0.15) is 0 Å².